The minimum Gasteiger partial charge on any atom is -0.493 e. The van der Waals surface area contributed by atoms with E-state index < -0.39 is 5.97 Å². The Kier molecular flexibility index (Phi) is 11.2. The van der Waals surface area contributed by atoms with Gasteiger partial charge in [-0.2, -0.15) is 0 Å². The van der Waals surface area contributed by atoms with Gasteiger partial charge >= 0.3 is 11.9 Å². The zero-order valence-corrected chi connectivity index (χ0v) is 24.9. The molecule has 0 unspecified atom stereocenters. The number of aryl methyl sites for hydroxylation is 2. The second-order valence-electron chi connectivity index (χ2n) is 9.90. The van der Waals surface area contributed by atoms with Gasteiger partial charge in [0.15, 0.2) is 0 Å². The molecule has 41 heavy (non-hydrogen) atoms. The van der Waals surface area contributed by atoms with E-state index in [4.69, 9.17) is 18.9 Å². The maximum Gasteiger partial charge on any atom is 0.350 e. The highest BCUT2D eigenvalue weighted by Gasteiger charge is 2.25. The number of carbonyl (C=O) groups excluding carboxylic acids is 2. The van der Waals surface area contributed by atoms with Crippen LogP contribution < -0.4 is 9.47 Å². The van der Waals surface area contributed by atoms with E-state index in [1.807, 2.05) is 31.2 Å². The largest absolute Gasteiger partial charge is 0.493 e. The van der Waals surface area contributed by atoms with Crippen LogP contribution in [-0.4, -0.2) is 48.5 Å². The molecule has 1 aromatic heterocycles. The van der Waals surface area contributed by atoms with Gasteiger partial charge in [-0.3, -0.25) is 4.79 Å². The van der Waals surface area contributed by atoms with Crippen LogP contribution in [0.2, 0.25) is 0 Å². The number of carbonyl (C=O) groups is 2. The van der Waals surface area contributed by atoms with Crippen LogP contribution in [0.15, 0.2) is 36.4 Å². The number of hydrogen-bond acceptors (Lipinski definition) is 9. The molecule has 4 rings (SSSR count). The normalized spacial score (nSPS) is 14.0. The van der Waals surface area contributed by atoms with Gasteiger partial charge in [0.25, 0.3) is 0 Å². The van der Waals surface area contributed by atoms with E-state index in [1.165, 1.54) is 22.5 Å². The van der Waals surface area contributed by atoms with E-state index in [-0.39, 0.29) is 25.1 Å². The van der Waals surface area contributed by atoms with Crippen LogP contribution in [0.4, 0.5) is 0 Å². The van der Waals surface area contributed by atoms with E-state index in [9.17, 15) is 14.7 Å². The Balaban J connectivity index is 1.31. The molecule has 1 heterocycles. The number of aliphatic hydroxyl groups is 1. The van der Waals surface area contributed by atoms with Crippen LogP contribution in [-0.2, 0) is 33.7 Å². The zero-order valence-electron chi connectivity index (χ0n) is 24.1. The fraction of sp³-hybridized carbons (Fsp3) is 0.469. The molecule has 0 fully saturated rings. The molecule has 1 aliphatic rings. The molecule has 2 aromatic carbocycles. The number of aromatic nitrogens is 1. The van der Waals surface area contributed by atoms with E-state index in [0.29, 0.717) is 41.8 Å². The fourth-order valence-corrected chi connectivity index (χ4v) is 6.06. The lowest BCUT2D eigenvalue weighted by atomic mass is 9.98. The van der Waals surface area contributed by atoms with Gasteiger partial charge in [0.1, 0.15) is 21.4 Å². The average Bonchev–Trinajstić information content (AvgIpc) is 3.58. The van der Waals surface area contributed by atoms with Gasteiger partial charge in [-0.25, -0.2) is 9.78 Å². The molecule has 1 N–H and O–H groups in total. The Morgan fingerprint density at radius 3 is 2.59 bits per heavy atom. The average molecular weight is 582 g/mol. The number of benzene rings is 2. The number of aliphatic hydroxyl groups excluding tert-OH is 1. The van der Waals surface area contributed by atoms with Crippen molar-refractivity contribution < 1.29 is 33.6 Å². The third kappa shape index (κ3) is 7.86. The standard InChI is InChI=1S/C32H39NO7S/c1-4-8-23-17-24(31-33-27(20-34)30(41-31)32(36)38-6-3)11-14-28(23)40-16-7-15-39-25-12-13-26-21(18-25)9-10-22(26)19-29(35)37-5-2/h11-14,17-18,22,34H,4-10,15-16,19-20H2,1-3H3/t22-/m0/s1. The maximum atomic E-state index is 12.3. The molecule has 1 aliphatic carbocycles. The number of fused-ring (bicyclic) bond motifs is 1. The summed E-state index contributed by atoms with van der Waals surface area (Å²) in [5, 5.41) is 10.3. The monoisotopic (exact) mass is 581 g/mol. The molecular formula is C32H39NO7S. The van der Waals surface area contributed by atoms with E-state index >= 15 is 0 Å². The highest BCUT2D eigenvalue weighted by Crippen LogP contribution is 2.37. The van der Waals surface area contributed by atoms with Crippen molar-refractivity contribution in [2.75, 3.05) is 26.4 Å². The third-order valence-corrected chi connectivity index (χ3v) is 8.11. The van der Waals surface area contributed by atoms with E-state index in [2.05, 4.69) is 24.0 Å². The van der Waals surface area contributed by atoms with Crippen LogP contribution in [0.25, 0.3) is 10.6 Å². The first-order valence-corrected chi connectivity index (χ1v) is 15.2. The van der Waals surface area contributed by atoms with Crippen molar-refractivity contribution in [3.8, 4) is 22.1 Å². The number of hydrogen-bond donors (Lipinski definition) is 1. The van der Waals surface area contributed by atoms with Gasteiger partial charge in [-0.05, 0) is 86.1 Å². The number of nitrogens with zero attached hydrogens (tertiary/aromatic N) is 1. The van der Waals surface area contributed by atoms with E-state index in [1.54, 1.807) is 6.92 Å². The van der Waals surface area contributed by atoms with Crippen molar-refractivity contribution in [1.29, 1.82) is 0 Å². The molecule has 0 radical (unpaired) electrons. The lowest BCUT2D eigenvalue weighted by molar-refractivity contribution is -0.143. The lowest BCUT2D eigenvalue weighted by Gasteiger charge is -2.14. The summed E-state index contributed by atoms with van der Waals surface area (Å²) in [6, 6.07) is 12.1. The quantitative estimate of drug-likeness (QED) is 0.166. The summed E-state index contributed by atoms with van der Waals surface area (Å²) in [7, 11) is 0. The lowest BCUT2D eigenvalue weighted by Crippen LogP contribution is -2.08. The van der Waals surface area contributed by atoms with Gasteiger partial charge in [0.2, 0.25) is 0 Å². The molecule has 1 atom stereocenters. The molecule has 0 saturated heterocycles. The van der Waals surface area contributed by atoms with Crippen LogP contribution in [0.5, 0.6) is 11.5 Å². The van der Waals surface area contributed by atoms with Gasteiger partial charge in [-0.15, -0.1) is 11.3 Å². The molecule has 220 valence electrons. The second-order valence-corrected chi connectivity index (χ2v) is 10.9. The summed E-state index contributed by atoms with van der Waals surface area (Å²) in [5.74, 6) is 1.29. The topological polar surface area (TPSA) is 104 Å². The van der Waals surface area contributed by atoms with Crippen molar-refractivity contribution in [3.63, 3.8) is 0 Å². The van der Waals surface area contributed by atoms with Crippen molar-refractivity contribution in [3.05, 3.63) is 63.7 Å². The van der Waals surface area contributed by atoms with Crippen LogP contribution in [0, 0.1) is 0 Å². The summed E-state index contributed by atoms with van der Waals surface area (Å²) in [6.45, 7) is 7.10. The summed E-state index contributed by atoms with van der Waals surface area (Å²) >= 11 is 1.23. The Morgan fingerprint density at radius 1 is 1.02 bits per heavy atom. The SMILES string of the molecule is CCCc1cc(-c2nc(CO)c(C(=O)OCC)s2)ccc1OCCCOc1ccc2c(c1)CC[C@H]2CC(=O)OCC. The molecule has 8 nitrogen and oxygen atoms in total. The number of ether oxygens (including phenoxy) is 4. The first-order valence-electron chi connectivity index (χ1n) is 14.4. The van der Waals surface area contributed by atoms with E-state index in [0.717, 1.165) is 54.7 Å². The molecule has 3 aromatic rings. The Bertz CT molecular complexity index is 1340. The van der Waals surface area contributed by atoms with Crippen molar-refractivity contribution >= 4 is 23.3 Å². The van der Waals surface area contributed by atoms with Crippen molar-refractivity contribution in [1.82, 2.24) is 4.98 Å². The third-order valence-electron chi connectivity index (χ3n) is 6.98. The first-order chi connectivity index (χ1) is 20.0. The van der Waals surface area contributed by atoms with Gasteiger partial charge < -0.3 is 24.1 Å². The molecule has 0 spiro atoms. The Morgan fingerprint density at radius 2 is 1.83 bits per heavy atom. The highest BCUT2D eigenvalue weighted by atomic mass is 32.1. The molecule has 0 amide bonds. The zero-order chi connectivity index (χ0) is 29.2. The number of esters is 2. The van der Waals surface area contributed by atoms with Crippen LogP contribution >= 0.6 is 11.3 Å². The number of rotatable bonds is 15. The molecular weight excluding hydrogens is 542 g/mol. The van der Waals surface area contributed by atoms with Crippen LogP contribution in [0.3, 0.4) is 0 Å². The minimum absolute atomic E-state index is 0.135. The second kappa shape index (κ2) is 15.0. The van der Waals surface area contributed by atoms with Crippen LogP contribution in [0.1, 0.15) is 84.4 Å². The van der Waals surface area contributed by atoms with Gasteiger partial charge in [0.05, 0.1) is 45.1 Å². The predicted molar refractivity (Wildman–Crippen MR) is 158 cm³/mol. The van der Waals surface area contributed by atoms with Crippen molar-refractivity contribution in [2.24, 2.45) is 0 Å². The Labute approximate surface area is 245 Å². The smallest absolute Gasteiger partial charge is 0.350 e. The fourth-order valence-electron chi connectivity index (χ4n) is 5.09. The summed E-state index contributed by atoms with van der Waals surface area (Å²) in [5.41, 5.74) is 4.75. The molecule has 9 heteroatoms. The molecule has 0 aliphatic heterocycles. The molecule has 0 bridgehead atoms. The maximum absolute atomic E-state index is 12.3. The predicted octanol–water partition coefficient (Wildman–Crippen LogP) is 6.26. The summed E-state index contributed by atoms with van der Waals surface area (Å²) in [4.78, 5) is 29.0. The highest BCUT2D eigenvalue weighted by molar-refractivity contribution is 7.17. The molecule has 0 saturated carbocycles. The van der Waals surface area contributed by atoms with Crippen molar-refractivity contribution in [2.45, 2.75) is 71.8 Å². The number of thiazole rings is 1. The minimum atomic E-state index is -0.464. The van der Waals surface area contributed by atoms with Gasteiger partial charge in [0, 0.05) is 12.0 Å². The Hall–Kier alpha value is -3.43. The first kappa shape index (κ1) is 30.5. The van der Waals surface area contributed by atoms with Gasteiger partial charge in [-0.1, -0.05) is 19.4 Å². The summed E-state index contributed by atoms with van der Waals surface area (Å²) < 4.78 is 22.4. The summed E-state index contributed by atoms with van der Waals surface area (Å²) in [6.07, 6.45) is 4.86.